The second-order valence-electron chi connectivity index (χ2n) is 20.9. The second kappa shape index (κ2) is 18.7. The Morgan fingerprint density at radius 1 is 0.163 bits per heavy atom. The minimum absolute atomic E-state index is 0.0992. The van der Waals surface area contributed by atoms with E-state index in [-0.39, 0.29) is 36.3 Å². The van der Waals surface area contributed by atoms with Crippen LogP contribution in [-0.2, 0) is 0 Å². The average Bonchev–Trinajstić information content (AvgIpc) is 0.698. The predicted octanol–water partition coefficient (Wildman–Crippen LogP) is 22.5. The Morgan fingerprint density at radius 3 is 0.575 bits per heavy atom. The lowest BCUT2D eigenvalue weighted by molar-refractivity contribution is 1.60. The van der Waals surface area contributed by atoms with Crippen molar-refractivity contribution in [3.8, 4) is 89.0 Å². The summed E-state index contributed by atoms with van der Waals surface area (Å²) in [6.45, 7) is 0. The van der Waals surface area contributed by atoms with Crippen LogP contribution in [0.2, 0.25) is 0 Å². The molecule has 0 bridgehead atoms. The summed E-state index contributed by atoms with van der Waals surface area (Å²) in [6, 6.07) is 91.0. The summed E-state index contributed by atoms with van der Waals surface area (Å²) < 4.78 is 62.7. The molecule has 0 spiro atoms. The zero-order valence-electron chi connectivity index (χ0n) is 49.4. The fourth-order valence-corrected chi connectivity index (χ4v) is 12.5. The summed E-state index contributed by atoms with van der Waals surface area (Å²) in [5.41, 5.74) is 12.9. The number of fused-ring (bicyclic) bond motifs is 4. The van der Waals surface area contributed by atoms with Gasteiger partial charge in [0.05, 0.1) is 8.22 Å². The molecule has 0 heteroatoms. The molecule has 0 aliphatic carbocycles. The molecule has 0 saturated carbocycles. The molecular weight excluding hydrogens is 961 g/mol. The highest BCUT2D eigenvalue weighted by molar-refractivity contribution is 6.32. The van der Waals surface area contributed by atoms with Gasteiger partial charge in [0.2, 0.25) is 0 Å². The Balaban J connectivity index is 1.00. The molecule has 0 nitrogen and oxygen atoms in total. The fraction of sp³-hybridized carbons (Fsp3) is 0. The third-order valence-electron chi connectivity index (χ3n) is 16.5. The van der Waals surface area contributed by atoms with E-state index >= 15 is 0 Å². The van der Waals surface area contributed by atoms with E-state index in [4.69, 9.17) is 0 Å². The minimum atomic E-state index is -0.111. The quantitative estimate of drug-likeness (QED) is 0.133. The van der Waals surface area contributed by atoms with Crippen LogP contribution in [0.25, 0.3) is 164 Å². The van der Waals surface area contributed by atoms with Gasteiger partial charge < -0.3 is 0 Å². The van der Waals surface area contributed by atoms with Crippen LogP contribution >= 0.6 is 0 Å². The predicted molar refractivity (Wildman–Crippen MR) is 344 cm³/mol. The molecule has 80 heavy (non-hydrogen) atoms. The molecule has 0 aromatic heterocycles. The highest BCUT2D eigenvalue weighted by Crippen LogP contribution is 2.50. The molecule has 370 valence electrons. The molecule has 16 rings (SSSR count). The maximum absolute atomic E-state index is 10.6. The lowest BCUT2D eigenvalue weighted by Gasteiger charge is -2.22. The van der Waals surface area contributed by atoms with Crippen LogP contribution in [0, 0.1) is 0 Å². The van der Waals surface area contributed by atoms with Crippen LogP contribution in [-0.4, -0.2) is 0 Å². The SMILES string of the molecule is [2H]c1c(-c2ccc(-c3cccc4ccccc34)cc2)c2c([2H])c([2H])c3c(-c4ccc(-c5cccc6ccccc56)cc4)c([2H])c(-c4ccc(-c5cccc6ccccc56)cc4)c4c([2H])c([2H])c(c1-c1ccc(-c5cccc6ccccc56)cc1)c2c34. The van der Waals surface area contributed by atoms with Gasteiger partial charge in [0.15, 0.2) is 0 Å². The number of benzene rings is 16. The standard InChI is InChI=1S/C80H50/c1-5-21-63-51(13-1)17-9-25-67(63)55-29-37-59(38-30-55)75-49-76(60-39-31-56(32-40-60)68-26-10-18-52-14-2-6-22-64(52)68)72-47-48-74-78(62-43-35-58(36-44-62)70-28-12-20-54-16-4-8-24-66(54)70)50-77(73-46-45-71(75)79(72)80(73)74)61-41-33-57(34-42-61)69-27-11-19-53-15-3-7-23-65(53)69/h1-50H/i45D,46D,47D,48D,49D,50D. The van der Waals surface area contributed by atoms with Crippen molar-refractivity contribution in [1.82, 2.24) is 0 Å². The Bertz CT molecular complexity index is 4740. The molecule has 0 amide bonds. The summed E-state index contributed by atoms with van der Waals surface area (Å²) in [7, 11) is 0. The van der Waals surface area contributed by atoms with Crippen molar-refractivity contribution in [1.29, 1.82) is 0 Å². The maximum Gasteiger partial charge on any atom is 0.0636 e. The van der Waals surface area contributed by atoms with Crippen molar-refractivity contribution in [3.63, 3.8) is 0 Å². The lowest BCUT2D eigenvalue weighted by atomic mass is 9.81. The van der Waals surface area contributed by atoms with Crippen molar-refractivity contribution < 1.29 is 8.22 Å². The Kier molecular flexibility index (Phi) is 9.31. The van der Waals surface area contributed by atoms with Gasteiger partial charge in [-0.3, -0.25) is 0 Å². The highest BCUT2D eigenvalue weighted by atomic mass is 14.3. The molecule has 0 N–H and O–H groups in total. The van der Waals surface area contributed by atoms with Gasteiger partial charge in [0, 0.05) is 0 Å². The largest absolute Gasteiger partial charge is 0.0636 e. The zero-order chi connectivity index (χ0) is 57.9. The van der Waals surface area contributed by atoms with E-state index in [1.165, 1.54) is 0 Å². The van der Waals surface area contributed by atoms with Gasteiger partial charge in [-0.05, 0) is 177 Å². The van der Waals surface area contributed by atoms with E-state index in [9.17, 15) is 8.22 Å². The third kappa shape index (κ3) is 7.53. The van der Waals surface area contributed by atoms with E-state index < -0.39 is 0 Å². The van der Waals surface area contributed by atoms with Crippen molar-refractivity contribution in [2.75, 3.05) is 0 Å². The summed E-state index contributed by atoms with van der Waals surface area (Å²) in [6.07, 6.45) is 0. The molecule has 16 aromatic carbocycles. The van der Waals surface area contributed by atoms with Gasteiger partial charge >= 0.3 is 0 Å². The fourth-order valence-electron chi connectivity index (χ4n) is 12.5. The van der Waals surface area contributed by atoms with Crippen LogP contribution in [0.3, 0.4) is 0 Å². The maximum atomic E-state index is 10.6. The molecular formula is C80H50. The molecule has 0 fully saturated rings. The summed E-state index contributed by atoms with van der Waals surface area (Å²) >= 11 is 0. The van der Waals surface area contributed by atoms with Crippen molar-refractivity contribution in [2.24, 2.45) is 0 Å². The average molecular weight is 1020 g/mol. The Morgan fingerprint density at radius 2 is 0.350 bits per heavy atom. The first-order valence-corrected chi connectivity index (χ1v) is 27.3. The minimum Gasteiger partial charge on any atom is -0.0616 e. The van der Waals surface area contributed by atoms with Crippen LogP contribution in [0.1, 0.15) is 8.22 Å². The Labute approximate surface area is 473 Å². The molecule has 16 aromatic rings. The number of rotatable bonds is 8. The first kappa shape index (κ1) is 39.9. The van der Waals surface area contributed by atoms with Crippen LogP contribution < -0.4 is 0 Å². The lowest BCUT2D eigenvalue weighted by Crippen LogP contribution is -1.94. The van der Waals surface area contributed by atoms with Crippen molar-refractivity contribution >= 4 is 75.4 Å². The van der Waals surface area contributed by atoms with Gasteiger partial charge in [0.25, 0.3) is 0 Å². The smallest absolute Gasteiger partial charge is 0.0616 e. The molecule has 0 aliphatic heterocycles. The third-order valence-corrected chi connectivity index (χ3v) is 16.5. The number of hydrogen-bond acceptors (Lipinski definition) is 0. The normalized spacial score (nSPS) is 12.8. The summed E-state index contributed by atoms with van der Waals surface area (Å²) in [5.74, 6) is 0. The van der Waals surface area contributed by atoms with E-state index in [1.54, 1.807) is 0 Å². The van der Waals surface area contributed by atoms with Crippen LogP contribution in [0.5, 0.6) is 0 Å². The van der Waals surface area contributed by atoms with Gasteiger partial charge in [-0.1, -0.05) is 291 Å². The van der Waals surface area contributed by atoms with Crippen molar-refractivity contribution in [3.05, 3.63) is 303 Å². The van der Waals surface area contributed by atoms with Gasteiger partial charge in [-0.25, -0.2) is 0 Å². The van der Waals surface area contributed by atoms with E-state index in [0.717, 1.165) is 87.6 Å². The van der Waals surface area contributed by atoms with E-state index in [2.05, 4.69) is 170 Å². The van der Waals surface area contributed by atoms with Gasteiger partial charge in [0.1, 0.15) is 0 Å². The van der Waals surface area contributed by atoms with E-state index in [0.29, 0.717) is 76.8 Å². The van der Waals surface area contributed by atoms with Crippen LogP contribution in [0.15, 0.2) is 303 Å². The van der Waals surface area contributed by atoms with E-state index in [1.807, 2.05) is 97.1 Å². The summed E-state index contributed by atoms with van der Waals surface area (Å²) in [4.78, 5) is 0. The van der Waals surface area contributed by atoms with Gasteiger partial charge in [-0.2, -0.15) is 0 Å². The highest BCUT2D eigenvalue weighted by Gasteiger charge is 2.22. The zero-order valence-corrected chi connectivity index (χ0v) is 43.4. The molecule has 0 aliphatic rings. The topological polar surface area (TPSA) is 0 Å². The second-order valence-corrected chi connectivity index (χ2v) is 20.9. The molecule has 0 saturated heterocycles. The first-order valence-electron chi connectivity index (χ1n) is 30.3. The first-order chi connectivity index (χ1) is 42.2. The monoisotopic (exact) mass is 1020 g/mol. The Hall–Kier alpha value is -10.4. The molecule has 0 unspecified atom stereocenters. The van der Waals surface area contributed by atoms with Gasteiger partial charge in [-0.15, -0.1) is 0 Å². The van der Waals surface area contributed by atoms with Crippen molar-refractivity contribution in [2.45, 2.75) is 0 Å². The molecule has 0 radical (unpaired) electrons. The number of hydrogen-bond donors (Lipinski definition) is 0. The summed E-state index contributed by atoms with van der Waals surface area (Å²) in [5, 5.41) is 11.5. The molecule has 0 heterocycles. The van der Waals surface area contributed by atoms with Crippen LogP contribution in [0.4, 0.5) is 0 Å². The molecule has 0 atom stereocenters.